The number of aliphatic hydroxyl groups is 1. The highest BCUT2D eigenvalue weighted by atomic mass is 16.5. The molecule has 1 N–H and O–H groups in total. The minimum absolute atomic E-state index is 0.0170. The van der Waals surface area contributed by atoms with Crippen molar-refractivity contribution in [1.29, 1.82) is 0 Å². The Balaban J connectivity index is 1.75. The molecular weight excluding hydrogens is 370 g/mol. The predicted octanol–water partition coefficient (Wildman–Crippen LogP) is 4.43. The van der Waals surface area contributed by atoms with Crippen LogP contribution in [0.1, 0.15) is 56.4 Å². The number of hydrogen-bond acceptors (Lipinski definition) is 5. The molecule has 6 heteroatoms. The Bertz CT molecular complexity index is 907. The van der Waals surface area contributed by atoms with Gasteiger partial charge in [0.15, 0.2) is 0 Å². The summed E-state index contributed by atoms with van der Waals surface area (Å²) < 4.78 is 11.1. The van der Waals surface area contributed by atoms with Crippen molar-refractivity contribution in [2.24, 2.45) is 0 Å². The number of nitrogens with zero attached hydrogens (tertiary/aromatic N) is 1. The van der Waals surface area contributed by atoms with Crippen LogP contribution in [0.2, 0.25) is 0 Å². The second-order valence-electron chi connectivity index (χ2n) is 7.53. The van der Waals surface area contributed by atoms with Crippen LogP contribution < -0.4 is 4.74 Å². The van der Waals surface area contributed by atoms with E-state index in [0.29, 0.717) is 23.7 Å². The summed E-state index contributed by atoms with van der Waals surface area (Å²) in [6.45, 7) is 2.63. The van der Waals surface area contributed by atoms with Crippen LogP contribution in [0.5, 0.6) is 5.75 Å². The quantitative estimate of drug-likeness (QED) is 0.445. The van der Waals surface area contributed by atoms with Gasteiger partial charge in [-0.25, -0.2) is 0 Å². The number of aliphatic hydroxyl groups excluding tert-OH is 1. The largest absolute Gasteiger partial charge is 0.507 e. The Morgan fingerprint density at radius 2 is 1.90 bits per heavy atom. The number of amides is 1. The average molecular weight is 395 g/mol. The zero-order valence-electron chi connectivity index (χ0n) is 16.5. The molecule has 152 valence electrons. The highest BCUT2D eigenvalue weighted by Crippen LogP contribution is 2.43. The van der Waals surface area contributed by atoms with Crippen molar-refractivity contribution in [2.75, 3.05) is 6.61 Å². The van der Waals surface area contributed by atoms with Crippen molar-refractivity contribution in [3.8, 4) is 5.75 Å². The number of ketones is 1. The van der Waals surface area contributed by atoms with E-state index >= 15 is 0 Å². The van der Waals surface area contributed by atoms with Gasteiger partial charge in [0.2, 0.25) is 0 Å². The normalized spacial score (nSPS) is 21.8. The Morgan fingerprint density at radius 1 is 1.17 bits per heavy atom. The molecule has 1 aromatic heterocycles. The van der Waals surface area contributed by atoms with E-state index in [1.807, 2.05) is 6.92 Å². The van der Waals surface area contributed by atoms with Crippen molar-refractivity contribution in [3.05, 3.63) is 59.6 Å². The zero-order valence-corrected chi connectivity index (χ0v) is 16.5. The lowest BCUT2D eigenvalue weighted by Gasteiger charge is -2.29. The fourth-order valence-electron chi connectivity index (χ4n) is 4.22. The molecule has 0 radical (unpaired) electrons. The van der Waals surface area contributed by atoms with E-state index in [9.17, 15) is 14.7 Å². The number of carbonyl (C=O) groups is 2. The van der Waals surface area contributed by atoms with Crippen LogP contribution in [-0.2, 0) is 9.59 Å². The summed E-state index contributed by atoms with van der Waals surface area (Å²) in [4.78, 5) is 27.4. The maximum absolute atomic E-state index is 12.9. The third-order valence-electron chi connectivity index (χ3n) is 5.61. The molecule has 1 aliphatic heterocycles. The summed E-state index contributed by atoms with van der Waals surface area (Å²) in [5, 5.41) is 11.0. The van der Waals surface area contributed by atoms with Gasteiger partial charge in [0.1, 0.15) is 23.3 Å². The monoisotopic (exact) mass is 395 g/mol. The van der Waals surface area contributed by atoms with E-state index in [0.717, 1.165) is 32.1 Å². The van der Waals surface area contributed by atoms with Crippen molar-refractivity contribution >= 4 is 17.4 Å². The summed E-state index contributed by atoms with van der Waals surface area (Å²) in [6, 6.07) is 9.64. The van der Waals surface area contributed by atoms with Gasteiger partial charge in [-0.3, -0.25) is 9.59 Å². The first-order valence-electron chi connectivity index (χ1n) is 10.2. The van der Waals surface area contributed by atoms with E-state index in [-0.39, 0.29) is 17.4 Å². The summed E-state index contributed by atoms with van der Waals surface area (Å²) in [5.41, 5.74) is 0.550. The summed E-state index contributed by atoms with van der Waals surface area (Å²) in [5.74, 6) is -0.241. The Morgan fingerprint density at radius 3 is 2.52 bits per heavy atom. The van der Waals surface area contributed by atoms with E-state index in [1.165, 1.54) is 6.26 Å². The first-order valence-corrected chi connectivity index (χ1v) is 10.2. The zero-order chi connectivity index (χ0) is 20.4. The number of Topliss-reactive ketones (excluding diaryl/α,β-unsaturated/α-hetero) is 1. The molecule has 1 saturated heterocycles. The second-order valence-corrected chi connectivity index (χ2v) is 7.53. The van der Waals surface area contributed by atoms with E-state index in [2.05, 4.69) is 0 Å². The fourth-order valence-corrected chi connectivity index (χ4v) is 4.22. The van der Waals surface area contributed by atoms with Crippen molar-refractivity contribution in [1.82, 2.24) is 4.90 Å². The van der Waals surface area contributed by atoms with E-state index in [1.54, 1.807) is 41.3 Å². The van der Waals surface area contributed by atoms with Crippen LogP contribution >= 0.6 is 0 Å². The molecule has 2 aromatic rings. The lowest BCUT2D eigenvalue weighted by Crippen LogP contribution is -2.37. The number of hydrogen-bond donors (Lipinski definition) is 1. The molecule has 1 aromatic carbocycles. The van der Waals surface area contributed by atoms with Crippen molar-refractivity contribution in [3.63, 3.8) is 0 Å². The molecule has 2 fully saturated rings. The summed E-state index contributed by atoms with van der Waals surface area (Å²) >= 11 is 0. The molecule has 2 heterocycles. The van der Waals surface area contributed by atoms with Gasteiger partial charge in [0.05, 0.1) is 18.4 Å². The Kier molecular flexibility index (Phi) is 5.43. The van der Waals surface area contributed by atoms with Gasteiger partial charge in [-0.2, -0.15) is 0 Å². The molecule has 6 nitrogen and oxygen atoms in total. The van der Waals surface area contributed by atoms with Gasteiger partial charge in [0, 0.05) is 11.6 Å². The molecule has 4 rings (SSSR count). The standard InChI is InChI=1S/C23H25NO5/c1-2-13-28-17-11-9-15(10-12-17)21(25)19-20(18-8-5-14-29-18)24(23(27)22(19)26)16-6-3-4-7-16/h5,8-12,14,16,20,25H,2-4,6-7,13H2,1H3/b21-19-. The third-order valence-corrected chi connectivity index (χ3v) is 5.61. The average Bonchev–Trinajstić information content (AvgIpc) is 3.48. The highest BCUT2D eigenvalue weighted by Gasteiger charge is 2.50. The van der Waals surface area contributed by atoms with Gasteiger partial charge in [0.25, 0.3) is 11.7 Å². The lowest BCUT2D eigenvalue weighted by atomic mass is 9.98. The molecule has 2 aliphatic rings. The molecular formula is C23H25NO5. The minimum Gasteiger partial charge on any atom is -0.507 e. The van der Waals surface area contributed by atoms with Crippen LogP contribution in [0.4, 0.5) is 0 Å². The third kappa shape index (κ3) is 3.55. The molecule has 1 saturated carbocycles. The molecule has 1 aliphatic carbocycles. The van der Waals surface area contributed by atoms with Crippen LogP contribution in [0.3, 0.4) is 0 Å². The highest BCUT2D eigenvalue weighted by molar-refractivity contribution is 6.46. The van der Waals surface area contributed by atoms with Gasteiger partial charge < -0.3 is 19.2 Å². The number of likely N-dealkylation sites (tertiary alicyclic amines) is 1. The molecule has 29 heavy (non-hydrogen) atoms. The Hall–Kier alpha value is -3.02. The minimum atomic E-state index is -0.705. The van der Waals surface area contributed by atoms with Gasteiger partial charge in [-0.1, -0.05) is 19.8 Å². The van der Waals surface area contributed by atoms with Crippen LogP contribution in [0, 0.1) is 0 Å². The van der Waals surface area contributed by atoms with Crippen molar-refractivity contribution in [2.45, 2.75) is 51.1 Å². The number of ether oxygens (including phenoxy) is 1. The number of rotatable bonds is 6. The van der Waals surface area contributed by atoms with Crippen LogP contribution in [0.25, 0.3) is 5.76 Å². The Labute approximate surface area is 169 Å². The number of carbonyl (C=O) groups excluding carboxylic acids is 2. The molecule has 1 amide bonds. The number of benzene rings is 1. The molecule has 0 spiro atoms. The van der Waals surface area contributed by atoms with Crippen molar-refractivity contribution < 1.29 is 23.8 Å². The van der Waals surface area contributed by atoms with Crippen LogP contribution in [0.15, 0.2) is 52.7 Å². The summed E-state index contributed by atoms with van der Waals surface area (Å²) in [6.07, 6.45) is 6.18. The topological polar surface area (TPSA) is 80.0 Å². The van der Waals surface area contributed by atoms with E-state index < -0.39 is 17.7 Å². The summed E-state index contributed by atoms with van der Waals surface area (Å²) in [7, 11) is 0. The lowest BCUT2D eigenvalue weighted by molar-refractivity contribution is -0.141. The first kappa shape index (κ1) is 19.3. The van der Waals surface area contributed by atoms with Crippen LogP contribution in [-0.4, -0.2) is 34.3 Å². The maximum Gasteiger partial charge on any atom is 0.296 e. The first-order chi connectivity index (χ1) is 14.1. The second kappa shape index (κ2) is 8.15. The molecule has 1 atom stereocenters. The smallest absolute Gasteiger partial charge is 0.296 e. The van der Waals surface area contributed by atoms with Gasteiger partial charge in [-0.05, 0) is 55.7 Å². The predicted molar refractivity (Wildman–Crippen MR) is 107 cm³/mol. The SMILES string of the molecule is CCCOc1ccc(/C(O)=C2/C(=O)C(=O)N(C3CCCC3)C2c2ccco2)cc1. The molecule has 1 unspecified atom stereocenters. The van der Waals surface area contributed by atoms with Gasteiger partial charge >= 0.3 is 0 Å². The van der Waals surface area contributed by atoms with Gasteiger partial charge in [-0.15, -0.1) is 0 Å². The maximum atomic E-state index is 12.9. The fraction of sp³-hybridized carbons (Fsp3) is 0.391. The number of furan rings is 1. The van der Waals surface area contributed by atoms with E-state index in [4.69, 9.17) is 9.15 Å². The molecule has 0 bridgehead atoms.